The number of halogens is 1. The number of ether oxygens (including phenoxy) is 2. The van der Waals surface area contributed by atoms with Crippen LogP contribution in [0.3, 0.4) is 0 Å². The first-order chi connectivity index (χ1) is 13.0. The molecule has 27 heavy (non-hydrogen) atoms. The third-order valence-corrected chi connectivity index (χ3v) is 5.46. The SMILES string of the molecule is COc1ccc(OC)c([C@@H]2CCCN2CC(=O)Nc2cccc(Cl)c2C)c1. The Morgan fingerprint density at radius 1 is 1.26 bits per heavy atom. The van der Waals surface area contributed by atoms with Gasteiger partial charge in [-0.3, -0.25) is 9.69 Å². The predicted molar refractivity (Wildman–Crippen MR) is 108 cm³/mol. The molecule has 2 aromatic carbocycles. The highest BCUT2D eigenvalue weighted by Crippen LogP contribution is 2.38. The summed E-state index contributed by atoms with van der Waals surface area (Å²) in [7, 11) is 3.32. The van der Waals surface area contributed by atoms with Gasteiger partial charge in [-0.05, 0) is 62.2 Å². The molecule has 0 aliphatic carbocycles. The molecule has 1 aliphatic heterocycles. The van der Waals surface area contributed by atoms with Gasteiger partial charge in [-0.2, -0.15) is 0 Å². The minimum Gasteiger partial charge on any atom is -0.497 e. The number of benzene rings is 2. The zero-order valence-electron chi connectivity index (χ0n) is 15.9. The molecule has 5 nitrogen and oxygen atoms in total. The van der Waals surface area contributed by atoms with Crippen molar-refractivity contribution in [3.8, 4) is 11.5 Å². The third-order valence-electron chi connectivity index (χ3n) is 5.05. The summed E-state index contributed by atoms with van der Waals surface area (Å²) in [5.74, 6) is 1.56. The van der Waals surface area contributed by atoms with Crippen LogP contribution in [0.5, 0.6) is 11.5 Å². The third kappa shape index (κ3) is 4.37. The van der Waals surface area contributed by atoms with Crippen molar-refractivity contribution in [2.45, 2.75) is 25.8 Å². The van der Waals surface area contributed by atoms with Gasteiger partial charge in [0.1, 0.15) is 11.5 Å². The highest BCUT2D eigenvalue weighted by Gasteiger charge is 2.30. The molecule has 1 heterocycles. The number of methoxy groups -OCH3 is 2. The van der Waals surface area contributed by atoms with Crippen LogP contribution in [0.25, 0.3) is 0 Å². The Morgan fingerprint density at radius 3 is 2.81 bits per heavy atom. The normalized spacial score (nSPS) is 17.0. The zero-order chi connectivity index (χ0) is 19.4. The molecule has 144 valence electrons. The average molecular weight is 389 g/mol. The van der Waals surface area contributed by atoms with Crippen LogP contribution in [-0.2, 0) is 4.79 Å². The van der Waals surface area contributed by atoms with E-state index in [1.807, 2.05) is 43.3 Å². The van der Waals surface area contributed by atoms with E-state index in [-0.39, 0.29) is 11.9 Å². The summed E-state index contributed by atoms with van der Waals surface area (Å²) in [4.78, 5) is 14.8. The van der Waals surface area contributed by atoms with Crippen molar-refractivity contribution in [1.82, 2.24) is 4.90 Å². The lowest BCUT2D eigenvalue weighted by Crippen LogP contribution is -2.33. The number of amides is 1. The minimum atomic E-state index is -0.0471. The van der Waals surface area contributed by atoms with Crippen molar-refractivity contribution < 1.29 is 14.3 Å². The number of likely N-dealkylation sites (tertiary alicyclic amines) is 1. The number of anilines is 1. The fourth-order valence-electron chi connectivity index (χ4n) is 3.58. The number of carbonyl (C=O) groups excluding carboxylic acids is 1. The van der Waals surface area contributed by atoms with Gasteiger partial charge in [0, 0.05) is 22.3 Å². The first-order valence-corrected chi connectivity index (χ1v) is 9.42. The smallest absolute Gasteiger partial charge is 0.238 e. The molecule has 6 heteroatoms. The average Bonchev–Trinajstić information content (AvgIpc) is 3.12. The summed E-state index contributed by atoms with van der Waals surface area (Å²) >= 11 is 6.15. The highest BCUT2D eigenvalue weighted by molar-refractivity contribution is 6.31. The Kier molecular flexibility index (Phi) is 6.24. The van der Waals surface area contributed by atoms with Crippen molar-refractivity contribution >= 4 is 23.2 Å². The van der Waals surface area contributed by atoms with Crippen molar-refractivity contribution in [3.63, 3.8) is 0 Å². The zero-order valence-corrected chi connectivity index (χ0v) is 16.7. The number of hydrogen-bond acceptors (Lipinski definition) is 4. The molecule has 0 aromatic heterocycles. The molecule has 1 atom stereocenters. The van der Waals surface area contributed by atoms with Crippen LogP contribution in [0.2, 0.25) is 5.02 Å². The molecule has 0 radical (unpaired) electrons. The molecular weight excluding hydrogens is 364 g/mol. The lowest BCUT2D eigenvalue weighted by Gasteiger charge is -2.26. The lowest BCUT2D eigenvalue weighted by atomic mass is 10.0. The van der Waals surface area contributed by atoms with Crippen molar-refractivity contribution in [1.29, 1.82) is 0 Å². The van der Waals surface area contributed by atoms with E-state index in [1.165, 1.54) is 0 Å². The summed E-state index contributed by atoms with van der Waals surface area (Å²) in [6.07, 6.45) is 2.02. The summed E-state index contributed by atoms with van der Waals surface area (Å²) in [6, 6.07) is 11.5. The van der Waals surface area contributed by atoms with Crippen molar-refractivity contribution in [2.75, 3.05) is 32.6 Å². The maximum atomic E-state index is 12.6. The van der Waals surface area contributed by atoms with Crippen LogP contribution < -0.4 is 14.8 Å². The van der Waals surface area contributed by atoms with Gasteiger partial charge in [0.2, 0.25) is 5.91 Å². The Bertz CT molecular complexity index is 825. The van der Waals surface area contributed by atoms with Gasteiger partial charge in [0.15, 0.2) is 0 Å². The van der Waals surface area contributed by atoms with Gasteiger partial charge in [0.25, 0.3) is 0 Å². The van der Waals surface area contributed by atoms with Gasteiger partial charge in [-0.25, -0.2) is 0 Å². The highest BCUT2D eigenvalue weighted by atomic mass is 35.5. The number of hydrogen-bond donors (Lipinski definition) is 1. The standard InChI is InChI=1S/C21H25ClN2O3/c1-14-17(22)6-4-7-18(14)23-21(25)13-24-11-5-8-19(24)16-12-15(26-2)9-10-20(16)27-3/h4,6-7,9-10,12,19H,5,8,11,13H2,1-3H3,(H,23,25)/t19-/m0/s1. The van der Waals surface area contributed by atoms with E-state index in [2.05, 4.69) is 10.2 Å². The van der Waals surface area contributed by atoms with Crippen LogP contribution in [0, 0.1) is 6.92 Å². The largest absolute Gasteiger partial charge is 0.497 e. The van der Waals surface area contributed by atoms with Gasteiger partial charge >= 0.3 is 0 Å². The molecular formula is C21H25ClN2O3. The summed E-state index contributed by atoms with van der Waals surface area (Å²) in [6.45, 7) is 3.08. The Balaban J connectivity index is 1.75. The van der Waals surface area contributed by atoms with E-state index in [1.54, 1.807) is 14.2 Å². The maximum Gasteiger partial charge on any atom is 0.238 e. The summed E-state index contributed by atoms with van der Waals surface area (Å²) < 4.78 is 10.9. The van der Waals surface area contributed by atoms with Gasteiger partial charge in [0.05, 0.1) is 20.8 Å². The molecule has 0 spiro atoms. The molecule has 1 saturated heterocycles. The monoisotopic (exact) mass is 388 g/mol. The van der Waals surface area contributed by atoms with E-state index in [9.17, 15) is 4.79 Å². The molecule has 0 saturated carbocycles. The van der Waals surface area contributed by atoms with Crippen LogP contribution in [0.1, 0.15) is 30.0 Å². The quantitative estimate of drug-likeness (QED) is 0.794. The Labute approximate surface area is 165 Å². The van der Waals surface area contributed by atoms with Gasteiger partial charge < -0.3 is 14.8 Å². The number of carbonyl (C=O) groups is 1. The molecule has 1 fully saturated rings. The van der Waals surface area contributed by atoms with Crippen LogP contribution in [0.15, 0.2) is 36.4 Å². The number of rotatable bonds is 6. The van der Waals surface area contributed by atoms with E-state index in [4.69, 9.17) is 21.1 Å². The van der Waals surface area contributed by atoms with E-state index in [0.29, 0.717) is 11.6 Å². The molecule has 1 amide bonds. The first-order valence-electron chi connectivity index (χ1n) is 9.04. The van der Waals surface area contributed by atoms with Gasteiger partial charge in [-0.15, -0.1) is 0 Å². The second-order valence-corrected chi connectivity index (χ2v) is 7.10. The summed E-state index contributed by atoms with van der Waals surface area (Å²) in [5, 5.41) is 3.63. The first kappa shape index (κ1) is 19.5. The predicted octanol–water partition coefficient (Wildman–Crippen LogP) is 4.44. The lowest BCUT2D eigenvalue weighted by molar-refractivity contribution is -0.117. The molecule has 3 rings (SSSR count). The summed E-state index contributed by atoms with van der Waals surface area (Å²) in [5.41, 5.74) is 2.68. The van der Waals surface area contributed by atoms with Crippen LogP contribution >= 0.6 is 11.6 Å². The maximum absolute atomic E-state index is 12.6. The second kappa shape index (κ2) is 8.63. The Morgan fingerprint density at radius 2 is 2.07 bits per heavy atom. The molecule has 0 bridgehead atoms. The minimum absolute atomic E-state index is 0.0471. The molecule has 2 aromatic rings. The van der Waals surface area contributed by atoms with E-state index in [0.717, 1.165) is 47.7 Å². The molecule has 0 unspecified atom stereocenters. The fourth-order valence-corrected chi connectivity index (χ4v) is 3.76. The number of nitrogens with zero attached hydrogens (tertiary/aromatic N) is 1. The van der Waals surface area contributed by atoms with Crippen LogP contribution in [0.4, 0.5) is 5.69 Å². The molecule has 1 aliphatic rings. The van der Waals surface area contributed by atoms with Crippen molar-refractivity contribution in [3.05, 3.63) is 52.5 Å². The Hall–Kier alpha value is -2.24. The van der Waals surface area contributed by atoms with Gasteiger partial charge in [-0.1, -0.05) is 17.7 Å². The van der Waals surface area contributed by atoms with Crippen LogP contribution in [-0.4, -0.2) is 38.1 Å². The fraction of sp³-hybridized carbons (Fsp3) is 0.381. The van der Waals surface area contributed by atoms with E-state index < -0.39 is 0 Å². The number of nitrogens with one attached hydrogen (secondary N) is 1. The molecule has 1 N–H and O–H groups in total. The van der Waals surface area contributed by atoms with E-state index >= 15 is 0 Å². The van der Waals surface area contributed by atoms with Crippen molar-refractivity contribution in [2.24, 2.45) is 0 Å². The second-order valence-electron chi connectivity index (χ2n) is 6.70. The topological polar surface area (TPSA) is 50.8 Å².